The van der Waals surface area contributed by atoms with Crippen molar-refractivity contribution in [2.45, 2.75) is 19.3 Å². The zero-order valence-electron chi connectivity index (χ0n) is 8.99. The first-order valence-electron chi connectivity index (χ1n) is 4.65. The van der Waals surface area contributed by atoms with Gasteiger partial charge in [-0.2, -0.15) is 31.3 Å². The van der Waals surface area contributed by atoms with Gasteiger partial charge in [0.15, 0.2) is 0 Å². The molecule has 1 rings (SSSR count). The lowest BCUT2D eigenvalue weighted by atomic mass is 10.1. The van der Waals surface area contributed by atoms with Crippen molar-refractivity contribution in [3.05, 3.63) is 17.2 Å². The van der Waals surface area contributed by atoms with Gasteiger partial charge in [-0.05, 0) is 13.0 Å². The molecule has 3 nitrogen and oxygen atoms in total. The maximum Gasteiger partial charge on any atom is 0.421 e. The summed E-state index contributed by atoms with van der Waals surface area (Å²) in [5, 5.41) is 0. The molecule has 0 fully saturated rings. The largest absolute Gasteiger partial charge is 0.477 e. The molecule has 0 radical (unpaired) electrons. The van der Waals surface area contributed by atoms with Crippen LogP contribution in [0, 0.1) is 0 Å². The van der Waals surface area contributed by atoms with Crippen molar-refractivity contribution >= 4 is 5.82 Å². The van der Waals surface area contributed by atoms with Crippen LogP contribution >= 0.6 is 0 Å². The number of pyridine rings is 1. The number of nitrogens with zero attached hydrogens (tertiary/aromatic N) is 1. The minimum absolute atomic E-state index is 0.104. The third kappa shape index (κ3) is 2.96. The van der Waals surface area contributed by atoms with Gasteiger partial charge in [-0.1, -0.05) is 0 Å². The van der Waals surface area contributed by atoms with Gasteiger partial charge in [0.05, 0.1) is 12.2 Å². The highest BCUT2D eigenvalue weighted by Crippen LogP contribution is 2.41. The van der Waals surface area contributed by atoms with Crippen LogP contribution in [0.4, 0.5) is 32.2 Å². The number of nitrogen functional groups attached to an aromatic ring is 1. The molecule has 102 valence electrons. The molecule has 1 aromatic rings. The van der Waals surface area contributed by atoms with Crippen LogP contribution in [0.1, 0.15) is 18.1 Å². The monoisotopic (exact) mass is 274 g/mol. The minimum atomic E-state index is -5.01. The van der Waals surface area contributed by atoms with E-state index in [2.05, 4.69) is 9.72 Å². The molecule has 0 aliphatic rings. The number of rotatable bonds is 2. The second-order valence-electron chi connectivity index (χ2n) is 3.20. The van der Waals surface area contributed by atoms with Crippen LogP contribution in [0.15, 0.2) is 6.07 Å². The molecule has 0 aliphatic carbocycles. The summed E-state index contributed by atoms with van der Waals surface area (Å²) in [4.78, 5) is 3.01. The molecule has 0 aliphatic heterocycles. The first kappa shape index (κ1) is 14.4. The maximum absolute atomic E-state index is 12.5. The molecule has 0 atom stereocenters. The van der Waals surface area contributed by atoms with Gasteiger partial charge in [0.1, 0.15) is 11.4 Å². The van der Waals surface area contributed by atoms with Crippen LogP contribution in [0.2, 0.25) is 0 Å². The number of hydrogen-bond donors (Lipinski definition) is 1. The third-order valence-electron chi connectivity index (χ3n) is 1.91. The highest BCUT2D eigenvalue weighted by atomic mass is 19.4. The zero-order valence-corrected chi connectivity index (χ0v) is 8.99. The number of hydrogen-bond acceptors (Lipinski definition) is 3. The average Bonchev–Trinajstić information content (AvgIpc) is 2.13. The molecule has 18 heavy (non-hydrogen) atoms. The number of ether oxygens (including phenoxy) is 1. The first-order chi connectivity index (χ1) is 8.07. The van der Waals surface area contributed by atoms with E-state index in [1.54, 1.807) is 0 Å². The van der Waals surface area contributed by atoms with Gasteiger partial charge in [-0.3, -0.25) is 0 Å². The van der Waals surface area contributed by atoms with Crippen LogP contribution in [0.3, 0.4) is 0 Å². The smallest absolute Gasteiger partial charge is 0.421 e. The second kappa shape index (κ2) is 4.54. The van der Waals surface area contributed by atoms with E-state index in [-0.39, 0.29) is 12.7 Å². The van der Waals surface area contributed by atoms with E-state index in [9.17, 15) is 26.3 Å². The summed E-state index contributed by atoms with van der Waals surface area (Å²) in [6.45, 7) is 1.19. The number of nitrogens with two attached hydrogens (primary N) is 1. The molecule has 1 aromatic heterocycles. The number of anilines is 1. The molecule has 0 saturated carbocycles. The van der Waals surface area contributed by atoms with E-state index in [0.29, 0.717) is 0 Å². The van der Waals surface area contributed by atoms with Crippen molar-refractivity contribution in [3.8, 4) is 5.88 Å². The van der Waals surface area contributed by atoms with E-state index >= 15 is 0 Å². The van der Waals surface area contributed by atoms with Gasteiger partial charge in [0.2, 0.25) is 5.88 Å². The Bertz CT molecular complexity index is 440. The minimum Gasteiger partial charge on any atom is -0.477 e. The highest BCUT2D eigenvalue weighted by Gasteiger charge is 2.41. The summed E-state index contributed by atoms with van der Waals surface area (Å²) < 4.78 is 79.4. The molecular weight excluding hydrogens is 266 g/mol. The fraction of sp³-hybridized carbons (Fsp3) is 0.444. The fourth-order valence-electron chi connectivity index (χ4n) is 1.19. The van der Waals surface area contributed by atoms with Crippen molar-refractivity contribution in [1.82, 2.24) is 4.98 Å². The van der Waals surface area contributed by atoms with Crippen LogP contribution < -0.4 is 10.5 Å². The number of aromatic nitrogens is 1. The molecule has 1 heterocycles. The van der Waals surface area contributed by atoms with E-state index in [0.717, 1.165) is 0 Å². The predicted octanol–water partition coefficient (Wildman–Crippen LogP) is 3.10. The Balaban J connectivity index is 3.46. The summed E-state index contributed by atoms with van der Waals surface area (Å²) in [6, 6.07) is -0.104. The predicted molar refractivity (Wildman–Crippen MR) is 49.8 cm³/mol. The molecule has 0 saturated heterocycles. The molecule has 0 bridgehead atoms. The molecule has 0 aromatic carbocycles. The summed E-state index contributed by atoms with van der Waals surface area (Å²) in [5.41, 5.74) is 1.73. The molecular formula is C9H8F6N2O. The van der Waals surface area contributed by atoms with E-state index < -0.39 is 35.2 Å². The number of alkyl halides is 6. The summed E-state index contributed by atoms with van der Waals surface area (Å²) in [7, 11) is 0. The Morgan fingerprint density at radius 3 is 2.00 bits per heavy atom. The van der Waals surface area contributed by atoms with E-state index in [1.807, 2.05) is 0 Å². The van der Waals surface area contributed by atoms with Gasteiger partial charge < -0.3 is 10.5 Å². The maximum atomic E-state index is 12.5. The SMILES string of the molecule is CCOc1nc(N)c(C(F)(F)F)cc1C(F)(F)F. The van der Waals surface area contributed by atoms with Crippen LogP contribution in [0.5, 0.6) is 5.88 Å². The van der Waals surface area contributed by atoms with Gasteiger partial charge >= 0.3 is 12.4 Å². The quantitative estimate of drug-likeness (QED) is 0.843. The standard InChI is InChI=1S/C9H8F6N2O/c1-2-18-7-5(9(13,14)15)3-4(6(16)17-7)8(10,11)12/h3H,2H2,1H3,(H2,16,17). The molecule has 0 unspecified atom stereocenters. The molecule has 9 heteroatoms. The fourth-order valence-corrected chi connectivity index (χ4v) is 1.19. The lowest BCUT2D eigenvalue weighted by molar-refractivity contribution is -0.144. The molecule has 2 N–H and O–H groups in total. The van der Waals surface area contributed by atoms with Gasteiger partial charge in [-0.15, -0.1) is 0 Å². The Hall–Kier alpha value is -1.67. The van der Waals surface area contributed by atoms with Crippen molar-refractivity contribution in [2.75, 3.05) is 12.3 Å². The Labute approximate surface area is 97.6 Å². The summed E-state index contributed by atoms with van der Waals surface area (Å²) >= 11 is 0. The van der Waals surface area contributed by atoms with E-state index in [4.69, 9.17) is 5.73 Å². The summed E-state index contributed by atoms with van der Waals surface area (Å²) in [5.74, 6) is -2.02. The average molecular weight is 274 g/mol. The topological polar surface area (TPSA) is 48.1 Å². The van der Waals surface area contributed by atoms with Gasteiger partial charge in [-0.25, -0.2) is 0 Å². The van der Waals surface area contributed by atoms with Crippen LogP contribution in [0.25, 0.3) is 0 Å². The lowest BCUT2D eigenvalue weighted by Gasteiger charge is -2.16. The van der Waals surface area contributed by atoms with Gasteiger partial charge in [0, 0.05) is 0 Å². The van der Waals surface area contributed by atoms with Crippen molar-refractivity contribution in [1.29, 1.82) is 0 Å². The Kier molecular flexibility index (Phi) is 3.63. The van der Waals surface area contributed by atoms with Crippen molar-refractivity contribution in [3.63, 3.8) is 0 Å². The van der Waals surface area contributed by atoms with Crippen LogP contribution in [-0.4, -0.2) is 11.6 Å². The summed E-state index contributed by atoms with van der Waals surface area (Å²) in [6.07, 6.45) is -10.0. The Morgan fingerprint density at radius 2 is 1.61 bits per heavy atom. The van der Waals surface area contributed by atoms with Crippen LogP contribution in [-0.2, 0) is 12.4 Å². The lowest BCUT2D eigenvalue weighted by Crippen LogP contribution is -2.17. The normalized spacial score (nSPS) is 12.6. The molecule has 0 amide bonds. The second-order valence-corrected chi connectivity index (χ2v) is 3.20. The third-order valence-corrected chi connectivity index (χ3v) is 1.91. The zero-order chi connectivity index (χ0) is 14.1. The molecule has 0 spiro atoms. The Morgan fingerprint density at radius 1 is 1.11 bits per heavy atom. The van der Waals surface area contributed by atoms with Crippen molar-refractivity contribution in [2.24, 2.45) is 0 Å². The highest BCUT2D eigenvalue weighted by molar-refractivity contribution is 5.48. The number of halogens is 6. The van der Waals surface area contributed by atoms with Gasteiger partial charge in [0.25, 0.3) is 0 Å². The van der Waals surface area contributed by atoms with Crippen molar-refractivity contribution < 1.29 is 31.1 Å². The first-order valence-corrected chi connectivity index (χ1v) is 4.65. The van der Waals surface area contributed by atoms with E-state index in [1.165, 1.54) is 6.92 Å².